The highest BCUT2D eigenvalue weighted by molar-refractivity contribution is 6.30. The van der Waals surface area contributed by atoms with Crippen molar-refractivity contribution < 1.29 is 4.42 Å². The van der Waals surface area contributed by atoms with Crippen molar-refractivity contribution in [3.05, 3.63) is 59.0 Å². The van der Waals surface area contributed by atoms with E-state index >= 15 is 0 Å². The molecule has 0 fully saturated rings. The topological polar surface area (TPSA) is 43.9 Å². The van der Waals surface area contributed by atoms with E-state index in [0.29, 0.717) is 17.5 Å². The summed E-state index contributed by atoms with van der Waals surface area (Å²) in [6.45, 7) is 4.54. The number of aromatic nitrogens is 3. The van der Waals surface area contributed by atoms with Crippen molar-refractivity contribution in [2.24, 2.45) is 0 Å². The van der Waals surface area contributed by atoms with Crippen molar-refractivity contribution in [2.45, 2.75) is 20.4 Å². The fourth-order valence-corrected chi connectivity index (χ4v) is 2.24. The first kappa shape index (κ1) is 12.9. The van der Waals surface area contributed by atoms with Crippen molar-refractivity contribution in [2.75, 3.05) is 0 Å². The number of hydrogen-bond donors (Lipinski definition) is 0. The van der Waals surface area contributed by atoms with Crippen LogP contribution in [-0.2, 0) is 6.54 Å². The molecule has 0 amide bonds. The molecule has 0 spiro atoms. The zero-order valence-electron chi connectivity index (χ0n) is 11.3. The van der Waals surface area contributed by atoms with Gasteiger partial charge in [-0.2, -0.15) is 0 Å². The van der Waals surface area contributed by atoms with E-state index in [0.717, 1.165) is 22.8 Å². The predicted molar refractivity (Wildman–Crippen MR) is 77.8 cm³/mol. The van der Waals surface area contributed by atoms with Crippen molar-refractivity contribution in [1.82, 2.24) is 14.5 Å². The molecule has 0 aliphatic rings. The molecule has 4 nitrogen and oxygen atoms in total. The lowest BCUT2D eigenvalue weighted by molar-refractivity contribution is 0.537. The quantitative estimate of drug-likeness (QED) is 0.735. The van der Waals surface area contributed by atoms with Gasteiger partial charge in [-0.05, 0) is 32.0 Å². The van der Waals surface area contributed by atoms with Gasteiger partial charge in [-0.1, -0.05) is 17.7 Å². The summed E-state index contributed by atoms with van der Waals surface area (Å²) < 4.78 is 7.78. The van der Waals surface area contributed by atoms with E-state index in [2.05, 4.69) is 9.97 Å². The summed E-state index contributed by atoms with van der Waals surface area (Å²) in [5.41, 5.74) is 1.79. The van der Waals surface area contributed by atoms with Crippen LogP contribution in [0.4, 0.5) is 0 Å². The van der Waals surface area contributed by atoms with Crippen LogP contribution in [-0.4, -0.2) is 14.5 Å². The Morgan fingerprint density at radius 3 is 2.85 bits per heavy atom. The van der Waals surface area contributed by atoms with Gasteiger partial charge in [0.25, 0.3) is 0 Å². The number of hydrogen-bond acceptors (Lipinski definition) is 3. The van der Waals surface area contributed by atoms with Crippen LogP contribution >= 0.6 is 11.6 Å². The molecule has 2 heterocycles. The van der Waals surface area contributed by atoms with E-state index in [1.54, 1.807) is 6.20 Å². The molecule has 3 rings (SSSR count). The van der Waals surface area contributed by atoms with Gasteiger partial charge in [-0.3, -0.25) is 0 Å². The molecule has 5 heteroatoms. The molecule has 20 heavy (non-hydrogen) atoms. The summed E-state index contributed by atoms with van der Waals surface area (Å²) in [6.07, 6.45) is 3.71. The lowest BCUT2D eigenvalue weighted by atomic mass is 10.2. The summed E-state index contributed by atoms with van der Waals surface area (Å²) in [7, 11) is 0. The number of nitrogens with zero attached hydrogens (tertiary/aromatic N) is 3. The molecule has 0 unspecified atom stereocenters. The van der Waals surface area contributed by atoms with Crippen molar-refractivity contribution in [3.63, 3.8) is 0 Å². The Bertz CT molecular complexity index is 745. The van der Waals surface area contributed by atoms with Crippen LogP contribution < -0.4 is 0 Å². The molecule has 0 saturated heterocycles. The highest BCUT2D eigenvalue weighted by atomic mass is 35.5. The second kappa shape index (κ2) is 5.13. The Balaban J connectivity index is 1.93. The maximum Gasteiger partial charge on any atom is 0.226 e. The lowest BCUT2D eigenvalue weighted by Crippen LogP contribution is -2.02. The maximum atomic E-state index is 6.00. The first-order chi connectivity index (χ1) is 9.63. The molecule has 1 aromatic carbocycles. The minimum Gasteiger partial charge on any atom is -0.441 e. The van der Waals surface area contributed by atoms with E-state index in [4.69, 9.17) is 16.0 Å². The number of halogens is 1. The third kappa shape index (κ3) is 2.47. The van der Waals surface area contributed by atoms with Gasteiger partial charge in [0, 0.05) is 23.0 Å². The van der Waals surface area contributed by atoms with Crippen LogP contribution in [0.3, 0.4) is 0 Å². The van der Waals surface area contributed by atoms with Crippen LogP contribution in [0, 0.1) is 13.8 Å². The second-order valence-electron chi connectivity index (χ2n) is 4.63. The first-order valence-corrected chi connectivity index (χ1v) is 6.71. The van der Waals surface area contributed by atoms with Gasteiger partial charge in [-0.25, -0.2) is 9.97 Å². The zero-order valence-corrected chi connectivity index (χ0v) is 12.1. The molecule has 3 aromatic rings. The van der Waals surface area contributed by atoms with Gasteiger partial charge >= 0.3 is 0 Å². The fraction of sp³-hybridized carbons (Fsp3) is 0.200. The first-order valence-electron chi connectivity index (χ1n) is 6.33. The van der Waals surface area contributed by atoms with Crippen LogP contribution in [0.1, 0.15) is 17.3 Å². The Morgan fingerprint density at radius 1 is 1.30 bits per heavy atom. The predicted octanol–water partition coefficient (Wildman–Crippen LogP) is 3.86. The molecule has 0 aliphatic carbocycles. The molecule has 0 radical (unpaired) electrons. The number of benzene rings is 1. The molecule has 102 valence electrons. The number of rotatable bonds is 3. The van der Waals surface area contributed by atoms with Gasteiger partial charge in [0.2, 0.25) is 5.89 Å². The molecule has 2 aromatic heterocycles. The van der Waals surface area contributed by atoms with Crippen LogP contribution in [0.25, 0.3) is 11.5 Å². The summed E-state index contributed by atoms with van der Waals surface area (Å²) in [6, 6.07) is 7.50. The molecular formula is C15H14ClN3O. The SMILES string of the molecule is Cc1oc(-c2cccc(Cl)c2)nc1Cn1ccnc1C. The Labute approximate surface area is 122 Å². The average molecular weight is 288 g/mol. The third-order valence-corrected chi connectivity index (χ3v) is 3.44. The molecular weight excluding hydrogens is 274 g/mol. The van der Waals surface area contributed by atoms with Gasteiger partial charge in [0.15, 0.2) is 0 Å². The van der Waals surface area contributed by atoms with Crippen molar-refractivity contribution in [1.29, 1.82) is 0 Å². The monoisotopic (exact) mass is 287 g/mol. The smallest absolute Gasteiger partial charge is 0.226 e. The number of aryl methyl sites for hydroxylation is 2. The molecule has 0 atom stereocenters. The molecule has 0 N–H and O–H groups in total. The Morgan fingerprint density at radius 2 is 2.15 bits per heavy atom. The van der Waals surface area contributed by atoms with Gasteiger partial charge in [-0.15, -0.1) is 0 Å². The normalized spacial score (nSPS) is 10.9. The standard InChI is InChI=1S/C15H14ClN3O/c1-10-14(9-19-7-6-17-11(19)2)18-15(20-10)12-4-3-5-13(16)8-12/h3-8H,9H2,1-2H3. The van der Waals surface area contributed by atoms with E-state index in [1.807, 2.05) is 48.9 Å². The molecule has 0 saturated carbocycles. The average Bonchev–Trinajstić information content (AvgIpc) is 2.98. The van der Waals surface area contributed by atoms with E-state index in [-0.39, 0.29) is 0 Å². The minimum atomic E-state index is 0.595. The highest BCUT2D eigenvalue weighted by Crippen LogP contribution is 2.24. The number of imidazole rings is 1. The van der Waals surface area contributed by atoms with Crippen molar-refractivity contribution in [3.8, 4) is 11.5 Å². The second-order valence-corrected chi connectivity index (χ2v) is 5.07. The third-order valence-electron chi connectivity index (χ3n) is 3.21. The van der Waals surface area contributed by atoms with E-state index in [1.165, 1.54) is 0 Å². The zero-order chi connectivity index (χ0) is 14.1. The fourth-order valence-electron chi connectivity index (χ4n) is 2.05. The molecule has 0 bridgehead atoms. The summed E-state index contributed by atoms with van der Waals surface area (Å²) in [5, 5.41) is 0.672. The maximum absolute atomic E-state index is 6.00. The minimum absolute atomic E-state index is 0.595. The molecule has 0 aliphatic heterocycles. The summed E-state index contributed by atoms with van der Waals surface area (Å²) in [4.78, 5) is 8.77. The van der Waals surface area contributed by atoms with Gasteiger partial charge < -0.3 is 8.98 Å². The van der Waals surface area contributed by atoms with Crippen LogP contribution in [0.2, 0.25) is 5.02 Å². The van der Waals surface area contributed by atoms with Gasteiger partial charge in [0.1, 0.15) is 17.3 Å². The summed E-state index contributed by atoms with van der Waals surface area (Å²) >= 11 is 6.00. The van der Waals surface area contributed by atoms with Gasteiger partial charge in [0.05, 0.1) is 6.54 Å². The van der Waals surface area contributed by atoms with E-state index < -0.39 is 0 Å². The summed E-state index contributed by atoms with van der Waals surface area (Å²) in [5.74, 6) is 2.36. The largest absolute Gasteiger partial charge is 0.441 e. The number of oxazole rings is 1. The van der Waals surface area contributed by atoms with Crippen LogP contribution in [0.15, 0.2) is 41.1 Å². The Kier molecular flexibility index (Phi) is 3.32. The Hall–Kier alpha value is -2.07. The van der Waals surface area contributed by atoms with Crippen LogP contribution in [0.5, 0.6) is 0 Å². The van der Waals surface area contributed by atoms with E-state index in [9.17, 15) is 0 Å². The van der Waals surface area contributed by atoms with Crippen molar-refractivity contribution >= 4 is 11.6 Å². The highest BCUT2D eigenvalue weighted by Gasteiger charge is 2.12. The lowest BCUT2D eigenvalue weighted by Gasteiger charge is -2.01.